The maximum absolute atomic E-state index is 6.11. The number of benzene rings is 3. The first-order chi connectivity index (χ1) is 11.3. The number of hydrogen-bond donors (Lipinski definition) is 0. The summed E-state index contributed by atoms with van der Waals surface area (Å²) in [6, 6.07) is 20.9. The second kappa shape index (κ2) is 5.03. The molecule has 0 amide bonds. The highest BCUT2D eigenvalue weighted by Crippen LogP contribution is 2.39. The topological polar surface area (TPSA) is 12.9 Å². The first-order valence-corrected chi connectivity index (χ1v) is 9.27. The maximum atomic E-state index is 6.11. The van der Waals surface area contributed by atoms with E-state index in [4.69, 9.17) is 16.6 Å². The predicted molar refractivity (Wildman–Crippen MR) is 103 cm³/mol. The SMILES string of the molecule is Clc1ccc2c(c1)sc1cc3sc(-c4ccccc4)nc3cc12. The molecule has 0 aliphatic carbocycles. The Kier molecular flexibility index (Phi) is 2.95. The fourth-order valence-corrected chi connectivity index (χ4v) is 5.35. The maximum Gasteiger partial charge on any atom is 0.124 e. The van der Waals surface area contributed by atoms with Crippen LogP contribution in [0, 0.1) is 0 Å². The van der Waals surface area contributed by atoms with Gasteiger partial charge in [0.1, 0.15) is 5.01 Å². The van der Waals surface area contributed by atoms with Crippen LogP contribution in [0.2, 0.25) is 5.02 Å². The minimum absolute atomic E-state index is 0.787. The van der Waals surface area contributed by atoms with Gasteiger partial charge in [-0.3, -0.25) is 0 Å². The lowest BCUT2D eigenvalue weighted by atomic mass is 10.1. The van der Waals surface area contributed by atoms with Gasteiger partial charge in [0.2, 0.25) is 0 Å². The summed E-state index contributed by atoms with van der Waals surface area (Å²) in [5.41, 5.74) is 2.24. The second-order valence-electron chi connectivity index (χ2n) is 5.44. The Morgan fingerprint density at radius 3 is 2.43 bits per heavy atom. The number of fused-ring (bicyclic) bond motifs is 4. The molecule has 0 unspecified atom stereocenters. The van der Waals surface area contributed by atoms with Gasteiger partial charge in [-0.1, -0.05) is 48.0 Å². The Labute approximate surface area is 145 Å². The first kappa shape index (κ1) is 13.5. The summed E-state index contributed by atoms with van der Waals surface area (Å²) in [4.78, 5) is 4.83. The van der Waals surface area contributed by atoms with E-state index in [-0.39, 0.29) is 0 Å². The van der Waals surface area contributed by atoms with Crippen LogP contribution < -0.4 is 0 Å². The summed E-state index contributed by atoms with van der Waals surface area (Å²) in [5, 5.41) is 4.38. The molecule has 23 heavy (non-hydrogen) atoms. The second-order valence-corrected chi connectivity index (χ2v) is 7.99. The van der Waals surface area contributed by atoms with Crippen molar-refractivity contribution in [2.75, 3.05) is 0 Å². The molecule has 5 aromatic rings. The molecule has 2 aromatic heterocycles. The van der Waals surface area contributed by atoms with Crippen LogP contribution in [0.3, 0.4) is 0 Å². The van der Waals surface area contributed by atoms with Crippen molar-refractivity contribution >= 4 is 64.7 Å². The Morgan fingerprint density at radius 1 is 0.739 bits per heavy atom. The summed E-state index contributed by atoms with van der Waals surface area (Å²) >= 11 is 9.65. The molecule has 0 aliphatic heterocycles. The van der Waals surface area contributed by atoms with Crippen LogP contribution in [0.5, 0.6) is 0 Å². The van der Waals surface area contributed by atoms with Crippen LogP contribution in [0.25, 0.3) is 41.0 Å². The first-order valence-electron chi connectivity index (χ1n) is 7.26. The van der Waals surface area contributed by atoms with E-state index in [0.29, 0.717) is 0 Å². The Balaban J connectivity index is 1.79. The van der Waals surface area contributed by atoms with Gasteiger partial charge in [0.05, 0.1) is 10.2 Å². The Morgan fingerprint density at radius 2 is 1.57 bits per heavy atom. The van der Waals surface area contributed by atoms with E-state index in [1.165, 1.54) is 30.4 Å². The number of nitrogens with zero attached hydrogens (tertiary/aromatic N) is 1. The van der Waals surface area contributed by atoms with Crippen LogP contribution in [0.1, 0.15) is 0 Å². The average molecular weight is 352 g/mol. The van der Waals surface area contributed by atoms with Crippen LogP contribution >= 0.6 is 34.3 Å². The fourth-order valence-electron chi connectivity index (χ4n) is 2.88. The third-order valence-corrected chi connectivity index (χ3v) is 6.38. The predicted octanol–water partition coefficient (Wildman–Crippen LogP) is 6.98. The highest BCUT2D eigenvalue weighted by atomic mass is 35.5. The number of halogens is 1. The van der Waals surface area contributed by atoms with Gasteiger partial charge in [-0.25, -0.2) is 4.98 Å². The van der Waals surface area contributed by atoms with Crippen molar-refractivity contribution in [1.82, 2.24) is 4.98 Å². The van der Waals surface area contributed by atoms with Crippen LogP contribution in [-0.2, 0) is 0 Å². The number of thiazole rings is 1. The normalized spacial score (nSPS) is 11.7. The lowest BCUT2D eigenvalue weighted by molar-refractivity contribution is 1.48. The summed E-state index contributed by atoms with van der Waals surface area (Å²) in [6.07, 6.45) is 0. The zero-order chi connectivity index (χ0) is 15.4. The van der Waals surface area contributed by atoms with Crippen molar-refractivity contribution in [2.45, 2.75) is 0 Å². The molecular weight excluding hydrogens is 342 g/mol. The molecule has 4 heteroatoms. The van der Waals surface area contributed by atoms with Crippen molar-refractivity contribution in [3.05, 3.63) is 65.7 Å². The minimum Gasteiger partial charge on any atom is -0.236 e. The van der Waals surface area contributed by atoms with E-state index >= 15 is 0 Å². The minimum atomic E-state index is 0.787. The van der Waals surface area contributed by atoms with Gasteiger partial charge in [-0.15, -0.1) is 22.7 Å². The van der Waals surface area contributed by atoms with Crippen molar-refractivity contribution in [1.29, 1.82) is 0 Å². The fraction of sp³-hybridized carbons (Fsp3) is 0. The van der Waals surface area contributed by atoms with Crippen molar-refractivity contribution in [3.63, 3.8) is 0 Å². The molecule has 0 saturated carbocycles. The number of hydrogen-bond acceptors (Lipinski definition) is 3. The molecule has 2 heterocycles. The standard InChI is InChI=1S/C19H10ClNS2/c20-12-6-7-13-14-9-15-18(10-17(14)22-16(13)8-12)23-19(21-15)11-4-2-1-3-5-11/h1-10H. The van der Waals surface area contributed by atoms with E-state index in [2.05, 4.69) is 42.5 Å². The summed E-state index contributed by atoms with van der Waals surface area (Å²) in [7, 11) is 0. The van der Waals surface area contributed by atoms with Crippen LogP contribution in [0.4, 0.5) is 0 Å². The lowest BCUT2D eigenvalue weighted by Crippen LogP contribution is -1.74. The van der Waals surface area contributed by atoms with Gasteiger partial charge in [0.15, 0.2) is 0 Å². The highest BCUT2D eigenvalue weighted by molar-refractivity contribution is 7.26. The number of rotatable bonds is 1. The smallest absolute Gasteiger partial charge is 0.124 e. The van der Waals surface area contributed by atoms with Crippen molar-refractivity contribution in [2.24, 2.45) is 0 Å². The zero-order valence-electron chi connectivity index (χ0n) is 11.9. The quantitative estimate of drug-likeness (QED) is 0.317. The van der Waals surface area contributed by atoms with Crippen molar-refractivity contribution in [3.8, 4) is 10.6 Å². The molecule has 110 valence electrons. The largest absolute Gasteiger partial charge is 0.236 e. The summed E-state index contributed by atoms with van der Waals surface area (Å²) in [6.45, 7) is 0. The summed E-state index contributed by atoms with van der Waals surface area (Å²) < 4.78 is 3.75. The molecule has 0 N–H and O–H groups in total. The van der Waals surface area contributed by atoms with Gasteiger partial charge in [-0.2, -0.15) is 0 Å². The van der Waals surface area contributed by atoms with E-state index in [9.17, 15) is 0 Å². The van der Waals surface area contributed by atoms with E-state index in [1.54, 1.807) is 22.7 Å². The molecule has 3 aromatic carbocycles. The molecule has 0 bridgehead atoms. The molecule has 0 radical (unpaired) electrons. The molecule has 5 rings (SSSR count). The molecule has 0 saturated heterocycles. The van der Waals surface area contributed by atoms with Gasteiger partial charge in [0, 0.05) is 30.8 Å². The van der Waals surface area contributed by atoms with Gasteiger partial charge < -0.3 is 0 Å². The van der Waals surface area contributed by atoms with Gasteiger partial charge in [-0.05, 0) is 24.3 Å². The Hall–Kier alpha value is -1.94. The Bertz CT molecular complexity index is 1170. The van der Waals surface area contributed by atoms with Crippen LogP contribution in [-0.4, -0.2) is 4.98 Å². The average Bonchev–Trinajstić information content (AvgIpc) is 3.13. The molecular formula is C19H10ClNS2. The number of aromatic nitrogens is 1. The lowest BCUT2D eigenvalue weighted by Gasteiger charge is -1.93. The van der Waals surface area contributed by atoms with Gasteiger partial charge in [0.25, 0.3) is 0 Å². The molecule has 0 spiro atoms. The summed E-state index contributed by atoms with van der Waals surface area (Å²) in [5.74, 6) is 0. The zero-order valence-corrected chi connectivity index (χ0v) is 14.3. The van der Waals surface area contributed by atoms with Gasteiger partial charge >= 0.3 is 0 Å². The van der Waals surface area contributed by atoms with E-state index in [0.717, 1.165) is 15.5 Å². The molecule has 0 atom stereocenters. The molecule has 1 nitrogen and oxygen atoms in total. The van der Waals surface area contributed by atoms with E-state index < -0.39 is 0 Å². The monoisotopic (exact) mass is 351 g/mol. The highest BCUT2D eigenvalue weighted by Gasteiger charge is 2.11. The molecule has 0 fully saturated rings. The van der Waals surface area contributed by atoms with E-state index in [1.807, 2.05) is 18.2 Å². The third-order valence-electron chi connectivity index (χ3n) is 3.96. The molecule has 0 aliphatic rings. The number of thiophene rings is 1. The third kappa shape index (κ3) is 2.16. The van der Waals surface area contributed by atoms with Crippen molar-refractivity contribution < 1.29 is 0 Å². The van der Waals surface area contributed by atoms with Crippen LogP contribution in [0.15, 0.2) is 60.7 Å².